The number of aryl methyl sites for hydroxylation is 2. The molecule has 2 N–H and O–H groups in total. The van der Waals surface area contributed by atoms with Crippen molar-refractivity contribution in [2.24, 2.45) is 10.4 Å². The molecular formula is C20H34N4O2. The highest BCUT2D eigenvalue weighted by Crippen LogP contribution is 2.53. The third-order valence-electron chi connectivity index (χ3n) is 6.04. The van der Waals surface area contributed by atoms with Gasteiger partial charge in [0.1, 0.15) is 12.3 Å². The van der Waals surface area contributed by atoms with E-state index in [1.54, 1.807) is 0 Å². The number of oxazole rings is 1. The van der Waals surface area contributed by atoms with E-state index < -0.39 is 0 Å². The summed E-state index contributed by atoms with van der Waals surface area (Å²) in [6.07, 6.45) is 7.94. The molecule has 2 unspecified atom stereocenters. The first-order valence-electron chi connectivity index (χ1n) is 10.2. The maximum absolute atomic E-state index is 6.06. The van der Waals surface area contributed by atoms with Crippen LogP contribution in [0, 0.1) is 19.3 Å². The largest absolute Gasteiger partial charge is 0.444 e. The zero-order valence-corrected chi connectivity index (χ0v) is 16.7. The van der Waals surface area contributed by atoms with Crippen LogP contribution in [0.2, 0.25) is 0 Å². The second-order valence-electron chi connectivity index (χ2n) is 7.61. The fourth-order valence-corrected chi connectivity index (χ4v) is 4.50. The minimum atomic E-state index is 0.278. The summed E-state index contributed by atoms with van der Waals surface area (Å²) in [5, 5.41) is 7.06. The van der Waals surface area contributed by atoms with Crippen molar-refractivity contribution in [2.75, 3.05) is 13.2 Å². The first-order chi connectivity index (χ1) is 12.6. The Morgan fingerprint density at radius 3 is 2.65 bits per heavy atom. The van der Waals surface area contributed by atoms with Crippen molar-refractivity contribution in [1.82, 2.24) is 15.6 Å². The van der Waals surface area contributed by atoms with E-state index in [0.29, 0.717) is 24.6 Å². The number of guanidine groups is 1. The number of rotatable bonds is 6. The summed E-state index contributed by atoms with van der Waals surface area (Å²) in [5.74, 6) is 2.39. The highest BCUT2D eigenvalue weighted by molar-refractivity contribution is 5.80. The molecule has 6 nitrogen and oxygen atoms in total. The quantitative estimate of drug-likeness (QED) is 0.599. The molecule has 0 aliphatic heterocycles. The lowest BCUT2D eigenvalue weighted by molar-refractivity contribution is -0.145. The summed E-state index contributed by atoms with van der Waals surface area (Å²) in [6.45, 7) is 10.2. The molecule has 2 aliphatic rings. The van der Waals surface area contributed by atoms with Crippen LogP contribution in [0.5, 0.6) is 0 Å². The van der Waals surface area contributed by atoms with Crippen LogP contribution in [0.3, 0.4) is 0 Å². The van der Waals surface area contributed by atoms with Gasteiger partial charge >= 0.3 is 0 Å². The molecule has 146 valence electrons. The van der Waals surface area contributed by atoms with Gasteiger partial charge in [0, 0.05) is 24.6 Å². The molecule has 2 saturated carbocycles. The molecule has 26 heavy (non-hydrogen) atoms. The second kappa shape index (κ2) is 8.42. The van der Waals surface area contributed by atoms with E-state index in [9.17, 15) is 0 Å². The summed E-state index contributed by atoms with van der Waals surface area (Å²) in [6, 6.07) is 0.435. The van der Waals surface area contributed by atoms with Gasteiger partial charge in [-0.1, -0.05) is 19.3 Å². The summed E-state index contributed by atoms with van der Waals surface area (Å²) in [5.41, 5.74) is 1.22. The molecule has 0 saturated heterocycles. The third kappa shape index (κ3) is 3.90. The SMILES string of the molecule is CCNC(=NCc1nc(C)c(C)o1)NC1CC(OCC)C12CCCCC2. The van der Waals surface area contributed by atoms with E-state index in [0.717, 1.165) is 37.0 Å². The highest BCUT2D eigenvalue weighted by atomic mass is 16.5. The summed E-state index contributed by atoms with van der Waals surface area (Å²) < 4.78 is 11.7. The van der Waals surface area contributed by atoms with Gasteiger partial charge in [-0.2, -0.15) is 0 Å². The second-order valence-corrected chi connectivity index (χ2v) is 7.61. The fraction of sp³-hybridized carbons (Fsp3) is 0.800. The lowest BCUT2D eigenvalue weighted by Crippen LogP contribution is -2.66. The molecule has 0 aromatic carbocycles. The average molecular weight is 363 g/mol. The molecule has 1 heterocycles. The van der Waals surface area contributed by atoms with Crippen molar-refractivity contribution >= 4 is 5.96 Å². The van der Waals surface area contributed by atoms with Gasteiger partial charge in [0.05, 0.1) is 11.8 Å². The Morgan fingerprint density at radius 2 is 2.04 bits per heavy atom. The normalized spacial score (nSPS) is 25.2. The lowest BCUT2D eigenvalue weighted by atomic mass is 9.55. The van der Waals surface area contributed by atoms with Crippen molar-refractivity contribution < 1.29 is 9.15 Å². The first kappa shape index (κ1) is 19.2. The van der Waals surface area contributed by atoms with Crippen molar-refractivity contribution in [3.05, 3.63) is 17.3 Å². The minimum Gasteiger partial charge on any atom is -0.444 e. The molecule has 0 bridgehead atoms. The maximum Gasteiger partial charge on any atom is 0.216 e. The Bertz CT molecular complexity index is 600. The number of aromatic nitrogens is 1. The number of hydrogen-bond acceptors (Lipinski definition) is 4. The van der Waals surface area contributed by atoms with E-state index in [-0.39, 0.29) is 5.41 Å². The van der Waals surface area contributed by atoms with Crippen molar-refractivity contribution in [1.29, 1.82) is 0 Å². The standard InChI is InChI=1S/C20H34N4O2/c1-5-21-19(22-13-18-23-14(3)15(4)26-18)24-16-12-17(25-6-2)20(16)10-8-7-9-11-20/h16-17H,5-13H2,1-4H3,(H2,21,22,24). The van der Waals surface area contributed by atoms with Gasteiger partial charge in [-0.05, 0) is 47.0 Å². The van der Waals surface area contributed by atoms with Gasteiger partial charge in [0.2, 0.25) is 5.89 Å². The van der Waals surface area contributed by atoms with Gasteiger partial charge in [0.25, 0.3) is 0 Å². The van der Waals surface area contributed by atoms with Crippen molar-refractivity contribution in [3.63, 3.8) is 0 Å². The number of aliphatic imine (C=N–C) groups is 1. The minimum absolute atomic E-state index is 0.278. The van der Waals surface area contributed by atoms with Gasteiger partial charge in [0.15, 0.2) is 5.96 Å². The molecule has 1 spiro atoms. The Balaban J connectivity index is 1.67. The fourth-order valence-electron chi connectivity index (χ4n) is 4.50. The van der Waals surface area contributed by atoms with E-state index in [1.165, 1.54) is 32.1 Å². The average Bonchev–Trinajstić information content (AvgIpc) is 2.97. The smallest absolute Gasteiger partial charge is 0.216 e. The first-order valence-corrected chi connectivity index (χ1v) is 10.2. The van der Waals surface area contributed by atoms with Gasteiger partial charge in [-0.25, -0.2) is 9.98 Å². The molecule has 3 rings (SSSR count). The van der Waals surface area contributed by atoms with Gasteiger partial charge < -0.3 is 19.8 Å². The zero-order valence-electron chi connectivity index (χ0n) is 16.7. The molecule has 6 heteroatoms. The summed E-state index contributed by atoms with van der Waals surface area (Å²) in [4.78, 5) is 9.13. The number of hydrogen-bond donors (Lipinski definition) is 2. The predicted molar refractivity (Wildman–Crippen MR) is 103 cm³/mol. The van der Waals surface area contributed by atoms with Gasteiger partial charge in [-0.15, -0.1) is 0 Å². The number of ether oxygens (including phenoxy) is 1. The zero-order chi connectivity index (χ0) is 18.6. The van der Waals surface area contributed by atoms with Crippen molar-refractivity contribution in [2.45, 2.75) is 84.9 Å². The van der Waals surface area contributed by atoms with Crippen molar-refractivity contribution in [3.8, 4) is 0 Å². The number of nitrogens with one attached hydrogen (secondary N) is 2. The van der Waals surface area contributed by atoms with Crippen LogP contribution in [0.15, 0.2) is 9.41 Å². The van der Waals surface area contributed by atoms with Crippen LogP contribution >= 0.6 is 0 Å². The molecule has 2 aliphatic carbocycles. The Hall–Kier alpha value is -1.56. The molecular weight excluding hydrogens is 328 g/mol. The topological polar surface area (TPSA) is 71.7 Å². The van der Waals surface area contributed by atoms with Crippen LogP contribution < -0.4 is 10.6 Å². The van der Waals surface area contributed by atoms with E-state index in [1.807, 2.05) is 13.8 Å². The maximum atomic E-state index is 6.06. The summed E-state index contributed by atoms with van der Waals surface area (Å²) >= 11 is 0. The Labute approximate surface area is 157 Å². The van der Waals surface area contributed by atoms with Crippen LogP contribution in [0.25, 0.3) is 0 Å². The third-order valence-corrected chi connectivity index (χ3v) is 6.04. The highest BCUT2D eigenvalue weighted by Gasteiger charge is 2.55. The van der Waals surface area contributed by atoms with Crippen LogP contribution in [-0.2, 0) is 11.3 Å². The van der Waals surface area contributed by atoms with E-state index in [4.69, 9.17) is 14.1 Å². The molecule has 0 radical (unpaired) electrons. The summed E-state index contributed by atoms with van der Waals surface area (Å²) in [7, 11) is 0. The van der Waals surface area contributed by atoms with Crippen LogP contribution in [-0.4, -0.2) is 36.2 Å². The number of nitrogens with zero attached hydrogens (tertiary/aromatic N) is 2. The molecule has 2 fully saturated rings. The van der Waals surface area contributed by atoms with Gasteiger partial charge in [-0.3, -0.25) is 0 Å². The molecule has 1 aromatic rings. The molecule has 1 aromatic heterocycles. The van der Waals surface area contributed by atoms with E-state index in [2.05, 4.69) is 29.5 Å². The lowest BCUT2D eigenvalue weighted by Gasteiger charge is -2.57. The molecule has 2 atom stereocenters. The van der Waals surface area contributed by atoms with Crippen LogP contribution in [0.4, 0.5) is 0 Å². The molecule has 0 amide bonds. The predicted octanol–water partition coefficient (Wildman–Crippen LogP) is 3.47. The monoisotopic (exact) mass is 362 g/mol. The van der Waals surface area contributed by atoms with E-state index >= 15 is 0 Å². The Kier molecular flexibility index (Phi) is 6.22. The Morgan fingerprint density at radius 1 is 1.27 bits per heavy atom. The van der Waals surface area contributed by atoms with Crippen LogP contribution in [0.1, 0.15) is 69.7 Å².